The van der Waals surface area contributed by atoms with E-state index in [0.29, 0.717) is 0 Å². The second kappa shape index (κ2) is 33.0. The van der Waals surface area contributed by atoms with Crippen LogP contribution in [-0.4, -0.2) is 171 Å². The molecule has 6 heteroatoms. The zero-order valence-electron chi connectivity index (χ0n) is 1.50. The maximum absolute atomic E-state index is 0. The number of hydrogen-bond acceptors (Lipinski definition) is 0. The summed E-state index contributed by atoms with van der Waals surface area (Å²) in [5.41, 5.74) is 0. The predicted octanol–water partition coefficient (Wildman–Crippen LogP) is -4.42. The fourth-order valence-electron chi connectivity index (χ4n) is 0. The molecule has 0 fully saturated rings. The third-order valence-corrected chi connectivity index (χ3v) is 0. The van der Waals surface area contributed by atoms with E-state index in [-0.39, 0.29) is 171 Å². The van der Waals surface area contributed by atoms with Crippen LogP contribution in [0.3, 0.4) is 0 Å². The zero-order valence-corrected chi connectivity index (χ0v) is 1.50. The third-order valence-electron chi connectivity index (χ3n) is 0. The SMILES string of the molecule is O.O.O.[KH].[KH].[KH]. The van der Waals surface area contributed by atoms with Gasteiger partial charge in [-0.3, -0.25) is 0 Å². The molecule has 6 heavy (non-hydrogen) atoms. The number of rotatable bonds is 0. The van der Waals surface area contributed by atoms with Gasteiger partial charge < -0.3 is 16.4 Å². The van der Waals surface area contributed by atoms with Gasteiger partial charge in [0.2, 0.25) is 0 Å². The van der Waals surface area contributed by atoms with Crippen LogP contribution in [0.5, 0.6) is 0 Å². The Kier molecular flexibility index (Phi) is 248. The van der Waals surface area contributed by atoms with Crippen LogP contribution >= 0.6 is 0 Å². The maximum atomic E-state index is 0. The van der Waals surface area contributed by atoms with E-state index in [0.717, 1.165) is 0 Å². The molecule has 0 aromatic rings. The molecular formula is H9K3O3. The van der Waals surface area contributed by atoms with Crippen LogP contribution in [-0.2, 0) is 0 Å². The average molecular weight is 174 g/mol. The molecule has 30 valence electrons. The normalized spacial score (nSPS) is 0. The molecule has 0 aliphatic heterocycles. The molecule has 0 saturated carbocycles. The second-order valence-corrected chi connectivity index (χ2v) is 0. The molecular weight excluding hydrogens is 165 g/mol. The van der Waals surface area contributed by atoms with Gasteiger partial charge >= 0.3 is 154 Å². The summed E-state index contributed by atoms with van der Waals surface area (Å²) in [4.78, 5) is 0. The first-order valence-corrected chi connectivity index (χ1v) is 0. The molecule has 6 N–H and O–H groups in total. The van der Waals surface area contributed by atoms with Gasteiger partial charge in [0.1, 0.15) is 0 Å². The summed E-state index contributed by atoms with van der Waals surface area (Å²) in [5, 5.41) is 0. The van der Waals surface area contributed by atoms with Gasteiger partial charge in [-0.15, -0.1) is 0 Å². The minimum absolute atomic E-state index is 0. The molecule has 0 radical (unpaired) electrons. The molecule has 3 nitrogen and oxygen atoms in total. The summed E-state index contributed by atoms with van der Waals surface area (Å²) in [5.74, 6) is 0. The van der Waals surface area contributed by atoms with Crippen molar-refractivity contribution >= 4 is 154 Å². The van der Waals surface area contributed by atoms with Gasteiger partial charge in [0.25, 0.3) is 0 Å². The van der Waals surface area contributed by atoms with Crippen molar-refractivity contribution < 1.29 is 16.4 Å². The Balaban J connectivity index is 0. The molecule has 0 rings (SSSR count). The van der Waals surface area contributed by atoms with E-state index in [9.17, 15) is 0 Å². The molecule has 0 aliphatic rings. The summed E-state index contributed by atoms with van der Waals surface area (Å²) in [7, 11) is 0. The minimum atomic E-state index is 0. The molecule has 0 spiro atoms. The van der Waals surface area contributed by atoms with Crippen LogP contribution in [0.25, 0.3) is 0 Å². The molecule has 0 atom stereocenters. The van der Waals surface area contributed by atoms with Crippen molar-refractivity contribution in [2.75, 3.05) is 0 Å². The first-order chi connectivity index (χ1) is 0. The first-order valence-electron chi connectivity index (χ1n) is 0. The predicted molar refractivity (Wildman–Crippen MR) is 32.3 cm³/mol. The molecule has 0 unspecified atom stereocenters. The fourth-order valence-corrected chi connectivity index (χ4v) is 0. The Morgan fingerprint density at radius 2 is 0.333 bits per heavy atom. The van der Waals surface area contributed by atoms with E-state index in [1.807, 2.05) is 0 Å². The number of hydrogen-bond donors (Lipinski definition) is 0. The molecule has 0 aliphatic carbocycles. The van der Waals surface area contributed by atoms with Crippen LogP contribution in [0.2, 0.25) is 0 Å². The molecule has 0 aromatic heterocycles. The van der Waals surface area contributed by atoms with Crippen molar-refractivity contribution in [3.05, 3.63) is 0 Å². The quantitative estimate of drug-likeness (QED) is 0.332. The van der Waals surface area contributed by atoms with Gasteiger partial charge in [-0.25, -0.2) is 0 Å². The molecule has 0 heterocycles. The zero-order chi connectivity index (χ0) is 0. The van der Waals surface area contributed by atoms with Gasteiger partial charge in [0.05, 0.1) is 0 Å². The van der Waals surface area contributed by atoms with Crippen LogP contribution in [0, 0.1) is 0 Å². The Bertz CT molecular complexity index is 6.00. The van der Waals surface area contributed by atoms with Crippen LogP contribution in [0.15, 0.2) is 0 Å². The first kappa shape index (κ1) is 45.1. The van der Waals surface area contributed by atoms with E-state index in [2.05, 4.69) is 0 Å². The van der Waals surface area contributed by atoms with E-state index >= 15 is 0 Å². The average Bonchev–Trinajstić information content (AvgIpc) is 0. The summed E-state index contributed by atoms with van der Waals surface area (Å²) >= 11 is 0. The molecule has 0 bridgehead atoms. The Labute approximate surface area is 165 Å². The summed E-state index contributed by atoms with van der Waals surface area (Å²) in [6.07, 6.45) is 0. The summed E-state index contributed by atoms with van der Waals surface area (Å²) in [6, 6.07) is 0. The van der Waals surface area contributed by atoms with Crippen molar-refractivity contribution in [2.45, 2.75) is 0 Å². The third kappa shape index (κ3) is 23.2. The summed E-state index contributed by atoms with van der Waals surface area (Å²) in [6.45, 7) is 0. The van der Waals surface area contributed by atoms with E-state index in [1.165, 1.54) is 0 Å². The molecule has 0 amide bonds. The van der Waals surface area contributed by atoms with E-state index < -0.39 is 0 Å². The summed E-state index contributed by atoms with van der Waals surface area (Å²) < 4.78 is 0. The van der Waals surface area contributed by atoms with Gasteiger partial charge in [-0.05, 0) is 0 Å². The van der Waals surface area contributed by atoms with Crippen molar-refractivity contribution in [1.29, 1.82) is 0 Å². The van der Waals surface area contributed by atoms with Gasteiger partial charge in [0.15, 0.2) is 0 Å². The van der Waals surface area contributed by atoms with Gasteiger partial charge in [-0.2, -0.15) is 0 Å². The van der Waals surface area contributed by atoms with Crippen LogP contribution in [0.4, 0.5) is 0 Å². The Morgan fingerprint density at radius 1 is 0.333 bits per heavy atom. The van der Waals surface area contributed by atoms with Crippen molar-refractivity contribution in [3.63, 3.8) is 0 Å². The van der Waals surface area contributed by atoms with Crippen LogP contribution < -0.4 is 0 Å². The van der Waals surface area contributed by atoms with E-state index in [4.69, 9.17) is 0 Å². The fraction of sp³-hybridized carbons (Fsp3) is 0. The Hall–Kier alpha value is 4.79. The standard InChI is InChI=1S/3K.3H2O.3H/h;;;3*1H2;;;. The topological polar surface area (TPSA) is 94.5 Å². The van der Waals surface area contributed by atoms with Crippen molar-refractivity contribution in [3.8, 4) is 0 Å². The molecule has 0 aromatic carbocycles. The van der Waals surface area contributed by atoms with Crippen molar-refractivity contribution in [1.82, 2.24) is 0 Å². The van der Waals surface area contributed by atoms with Gasteiger partial charge in [0, 0.05) is 0 Å². The van der Waals surface area contributed by atoms with Crippen molar-refractivity contribution in [2.24, 2.45) is 0 Å². The van der Waals surface area contributed by atoms with Crippen LogP contribution in [0.1, 0.15) is 0 Å². The second-order valence-electron chi connectivity index (χ2n) is 0. The van der Waals surface area contributed by atoms with E-state index in [1.54, 1.807) is 0 Å². The Morgan fingerprint density at radius 3 is 0.333 bits per heavy atom. The molecule has 0 saturated heterocycles. The monoisotopic (exact) mass is 174 g/mol. The van der Waals surface area contributed by atoms with Gasteiger partial charge in [-0.1, -0.05) is 0 Å².